The van der Waals surface area contributed by atoms with Gasteiger partial charge >= 0.3 is 10.0 Å². The van der Waals surface area contributed by atoms with Crippen molar-refractivity contribution in [3.63, 3.8) is 0 Å². The lowest BCUT2D eigenvalue weighted by Gasteiger charge is -2.20. The minimum Gasteiger partial charge on any atom is -0.396 e. The second-order valence-electron chi connectivity index (χ2n) is 3.59. The smallest absolute Gasteiger partial charge is 0.305 e. The van der Waals surface area contributed by atoms with Gasteiger partial charge in [0.1, 0.15) is 0 Å². The molecule has 0 amide bonds. The van der Waals surface area contributed by atoms with Crippen molar-refractivity contribution in [1.82, 2.24) is 0 Å². The van der Waals surface area contributed by atoms with Crippen LogP contribution in [0.2, 0.25) is 0 Å². The van der Waals surface area contributed by atoms with Crippen LogP contribution in [0.1, 0.15) is 34.6 Å². The lowest BCUT2D eigenvalue weighted by atomic mass is 10.2. The van der Waals surface area contributed by atoms with Crippen molar-refractivity contribution in [3.05, 3.63) is 0 Å². The van der Waals surface area contributed by atoms with Crippen LogP contribution in [-0.4, -0.2) is 21.7 Å². The van der Waals surface area contributed by atoms with Gasteiger partial charge in [0.25, 0.3) is 0 Å². The zero-order valence-corrected chi connectivity index (χ0v) is 9.02. The molecule has 0 aromatic carbocycles. The van der Waals surface area contributed by atoms with Crippen LogP contribution in [0.15, 0.2) is 0 Å². The first-order valence-corrected chi connectivity index (χ1v) is 4.83. The molecule has 3 heteroatoms. The highest BCUT2D eigenvalue weighted by Crippen LogP contribution is 2.05. The van der Waals surface area contributed by atoms with Crippen LogP contribution < -0.4 is 0 Å². The summed E-state index contributed by atoms with van der Waals surface area (Å²) in [4.78, 5) is 0. The van der Waals surface area contributed by atoms with Crippen molar-refractivity contribution in [2.24, 2.45) is 0 Å². The van der Waals surface area contributed by atoms with Gasteiger partial charge in [0.05, 0.1) is 0 Å². The number of rotatable bonds is 3. The third-order valence-electron chi connectivity index (χ3n) is 0.893. The molecule has 0 aliphatic carbocycles. The highest BCUT2D eigenvalue weighted by atomic mass is 28.3. The summed E-state index contributed by atoms with van der Waals surface area (Å²) in [5.74, 6) is 0. The van der Waals surface area contributed by atoms with Crippen molar-refractivity contribution in [2.45, 2.75) is 46.3 Å². The van der Waals surface area contributed by atoms with Gasteiger partial charge in [-0.25, -0.2) is 0 Å². The zero-order chi connectivity index (χ0) is 8.20. The van der Waals surface area contributed by atoms with E-state index in [1.54, 1.807) is 0 Å². The maximum absolute atomic E-state index is 5.46. The molecule has 0 aromatic rings. The van der Waals surface area contributed by atoms with E-state index in [1.807, 2.05) is 34.6 Å². The second-order valence-corrected chi connectivity index (χ2v) is 4.45. The Hall–Kier alpha value is 0.137. The Morgan fingerprint density at radius 1 is 1.20 bits per heavy atom. The zero-order valence-electron chi connectivity index (χ0n) is 7.60. The van der Waals surface area contributed by atoms with Gasteiger partial charge in [0.2, 0.25) is 0 Å². The van der Waals surface area contributed by atoms with E-state index in [9.17, 15) is 0 Å². The molecule has 0 N–H and O–H groups in total. The normalized spacial score (nSPS) is 13.8. The van der Waals surface area contributed by atoms with Crippen molar-refractivity contribution < 1.29 is 8.85 Å². The fourth-order valence-electron chi connectivity index (χ4n) is 0.347. The third-order valence-corrected chi connectivity index (χ3v) is 2.68. The topological polar surface area (TPSA) is 18.5 Å². The summed E-state index contributed by atoms with van der Waals surface area (Å²) in [6.45, 7) is 10.2. The molecule has 0 aliphatic heterocycles. The molecule has 0 aromatic heterocycles. The minimum atomic E-state index is -0.740. The first-order chi connectivity index (χ1) is 4.42. The summed E-state index contributed by atoms with van der Waals surface area (Å²) in [5.41, 5.74) is -0.0267. The summed E-state index contributed by atoms with van der Waals surface area (Å²) in [7, 11) is -0.740. The molecule has 0 saturated heterocycles. The number of hydrogen-bond donors (Lipinski definition) is 0. The minimum absolute atomic E-state index is 0.0267. The second kappa shape index (κ2) is 4.11. The van der Waals surface area contributed by atoms with E-state index in [-0.39, 0.29) is 5.60 Å². The van der Waals surface area contributed by atoms with Crippen molar-refractivity contribution in [3.8, 4) is 0 Å². The molecular formula is C7H18O2Si. The molecular weight excluding hydrogens is 144 g/mol. The predicted molar refractivity (Wildman–Crippen MR) is 45.6 cm³/mol. The van der Waals surface area contributed by atoms with Crippen LogP contribution in [0.5, 0.6) is 0 Å². The van der Waals surface area contributed by atoms with Crippen LogP contribution in [0.4, 0.5) is 0 Å². The van der Waals surface area contributed by atoms with Gasteiger partial charge in [-0.15, -0.1) is 0 Å². The predicted octanol–water partition coefficient (Wildman–Crippen LogP) is 1.23. The summed E-state index contributed by atoms with van der Waals surface area (Å²) in [6, 6.07) is 0. The molecule has 0 heterocycles. The Balaban J connectivity index is 3.21. The van der Waals surface area contributed by atoms with E-state index in [1.165, 1.54) is 0 Å². The monoisotopic (exact) mass is 162 g/mol. The number of hydrogen-bond acceptors (Lipinski definition) is 2. The van der Waals surface area contributed by atoms with Crippen molar-refractivity contribution in [2.75, 3.05) is 0 Å². The third kappa shape index (κ3) is 8.14. The van der Waals surface area contributed by atoms with E-state index < -0.39 is 10.0 Å². The van der Waals surface area contributed by atoms with Gasteiger partial charge in [-0.1, -0.05) is 0 Å². The average molecular weight is 162 g/mol. The van der Waals surface area contributed by atoms with Gasteiger partial charge in [-0.2, -0.15) is 0 Å². The fourth-order valence-corrected chi connectivity index (χ4v) is 1.04. The molecule has 10 heavy (non-hydrogen) atoms. The molecule has 0 spiro atoms. The first kappa shape index (κ1) is 10.1. The van der Waals surface area contributed by atoms with Gasteiger partial charge in [0.15, 0.2) is 0 Å². The highest BCUT2D eigenvalue weighted by Gasteiger charge is 2.09. The quantitative estimate of drug-likeness (QED) is 0.581. The van der Waals surface area contributed by atoms with Gasteiger partial charge < -0.3 is 8.85 Å². The van der Waals surface area contributed by atoms with Crippen LogP contribution in [0.3, 0.4) is 0 Å². The maximum atomic E-state index is 5.46. The Morgan fingerprint density at radius 3 is 2.00 bits per heavy atom. The van der Waals surface area contributed by atoms with E-state index in [4.69, 9.17) is 8.85 Å². The van der Waals surface area contributed by atoms with Crippen LogP contribution in [0, 0.1) is 0 Å². The summed E-state index contributed by atoms with van der Waals surface area (Å²) >= 11 is 0. The lowest BCUT2D eigenvalue weighted by Crippen LogP contribution is -2.24. The molecule has 0 aliphatic rings. The maximum Gasteiger partial charge on any atom is 0.305 e. The molecule has 0 atom stereocenters. The average Bonchev–Trinajstić information content (AvgIpc) is 1.59. The van der Waals surface area contributed by atoms with Crippen molar-refractivity contribution >= 4 is 10.0 Å². The summed E-state index contributed by atoms with van der Waals surface area (Å²) < 4.78 is 10.8. The molecule has 0 fully saturated rings. The van der Waals surface area contributed by atoms with E-state index in [0.717, 1.165) is 0 Å². The lowest BCUT2D eigenvalue weighted by molar-refractivity contribution is 0.0860. The molecule has 0 saturated carbocycles. The van der Waals surface area contributed by atoms with Crippen LogP contribution in [-0.2, 0) is 8.85 Å². The molecule has 2 nitrogen and oxygen atoms in total. The van der Waals surface area contributed by atoms with Crippen LogP contribution in [0.25, 0.3) is 0 Å². The van der Waals surface area contributed by atoms with Gasteiger partial charge in [-0.3, -0.25) is 0 Å². The Kier molecular flexibility index (Phi) is 4.16. The van der Waals surface area contributed by atoms with E-state index in [2.05, 4.69) is 0 Å². The molecule has 0 unspecified atom stereocenters. The highest BCUT2D eigenvalue weighted by molar-refractivity contribution is 6.18. The molecule has 62 valence electrons. The van der Waals surface area contributed by atoms with E-state index >= 15 is 0 Å². The largest absolute Gasteiger partial charge is 0.396 e. The first-order valence-electron chi connectivity index (χ1n) is 3.67. The SMILES string of the molecule is CC(C)O[SiH2]OC(C)(C)C. The summed E-state index contributed by atoms with van der Waals surface area (Å²) in [6.07, 6.45) is 0.314. The molecule has 0 rings (SSSR count). The van der Waals surface area contributed by atoms with Crippen molar-refractivity contribution in [1.29, 1.82) is 0 Å². The van der Waals surface area contributed by atoms with Gasteiger partial charge in [-0.05, 0) is 34.6 Å². The Labute approximate surface area is 66.0 Å². The van der Waals surface area contributed by atoms with E-state index in [0.29, 0.717) is 6.10 Å². The summed E-state index contributed by atoms with van der Waals surface area (Å²) in [5, 5.41) is 0. The fraction of sp³-hybridized carbons (Fsp3) is 1.00. The Morgan fingerprint density at radius 2 is 1.70 bits per heavy atom. The van der Waals surface area contributed by atoms with Crippen LogP contribution >= 0.6 is 0 Å². The van der Waals surface area contributed by atoms with Gasteiger partial charge in [0, 0.05) is 11.7 Å². The Bertz CT molecular complexity index is 86.1. The standard InChI is InChI=1S/C7H18O2Si/c1-6(2)8-10-9-7(3,4)5/h6H,10H2,1-5H3. The molecule has 0 bridgehead atoms. The molecule has 0 radical (unpaired) electrons.